The number of carbonyl (C=O) groups is 1. The fourth-order valence-electron chi connectivity index (χ4n) is 12.3. The molecule has 39 heavy (non-hydrogen) atoms. The van der Waals surface area contributed by atoms with Crippen LogP contribution in [0.2, 0.25) is 0 Å². The van der Waals surface area contributed by atoms with Gasteiger partial charge in [0.2, 0.25) is 5.91 Å². The third kappa shape index (κ3) is 3.52. The summed E-state index contributed by atoms with van der Waals surface area (Å²) in [6.45, 7) is 11.1. The van der Waals surface area contributed by atoms with E-state index in [4.69, 9.17) is 4.74 Å². The molecule has 5 aliphatic carbocycles. The van der Waals surface area contributed by atoms with Gasteiger partial charge in [-0.1, -0.05) is 34.6 Å². The van der Waals surface area contributed by atoms with Gasteiger partial charge in [-0.15, -0.1) is 0 Å². The highest BCUT2D eigenvalue weighted by atomic mass is 19.4. The number of carbonyl (C=O) groups excluding carboxylic acids is 1. The summed E-state index contributed by atoms with van der Waals surface area (Å²) in [4.78, 5) is 12.9. The Labute approximate surface area is 231 Å². The molecule has 0 aromatic rings. The van der Waals surface area contributed by atoms with Gasteiger partial charge < -0.3 is 19.8 Å². The zero-order chi connectivity index (χ0) is 28.6. The van der Waals surface area contributed by atoms with E-state index in [2.05, 4.69) is 34.6 Å². The van der Waals surface area contributed by atoms with Crippen molar-refractivity contribution in [3.63, 3.8) is 0 Å². The van der Waals surface area contributed by atoms with E-state index in [1.165, 1.54) is 13.3 Å². The molecule has 5 nitrogen and oxygen atoms in total. The highest BCUT2D eigenvalue weighted by molar-refractivity contribution is 5.73. The lowest BCUT2D eigenvalue weighted by molar-refractivity contribution is -0.183. The number of hydrogen-bond donors (Lipinski definition) is 2. The van der Waals surface area contributed by atoms with Crippen molar-refractivity contribution >= 4 is 5.91 Å². The van der Waals surface area contributed by atoms with Crippen molar-refractivity contribution in [1.82, 2.24) is 4.90 Å². The number of amides is 1. The quantitative estimate of drug-likeness (QED) is 0.478. The van der Waals surface area contributed by atoms with Crippen molar-refractivity contribution in [2.24, 2.45) is 50.7 Å². The van der Waals surface area contributed by atoms with Crippen LogP contribution in [0.3, 0.4) is 0 Å². The number of fused-ring (bicyclic) bond motifs is 4. The van der Waals surface area contributed by atoms with E-state index in [0.717, 1.165) is 43.4 Å². The molecule has 1 heterocycles. The average molecular weight is 556 g/mol. The summed E-state index contributed by atoms with van der Waals surface area (Å²) in [5, 5.41) is 23.1. The van der Waals surface area contributed by atoms with Gasteiger partial charge in [-0.05, 0) is 96.7 Å². The van der Waals surface area contributed by atoms with Gasteiger partial charge in [-0.3, -0.25) is 4.79 Å². The lowest BCUT2D eigenvalue weighted by atomic mass is 9.41. The van der Waals surface area contributed by atoms with Crippen LogP contribution in [0.1, 0.15) is 92.9 Å². The van der Waals surface area contributed by atoms with Crippen LogP contribution in [0.15, 0.2) is 0 Å². The summed E-state index contributed by atoms with van der Waals surface area (Å²) < 4.78 is 46.1. The second-order valence-corrected chi connectivity index (χ2v) is 15.7. The van der Waals surface area contributed by atoms with E-state index < -0.39 is 36.9 Å². The molecular weight excluding hydrogens is 507 g/mol. The first-order valence-corrected chi connectivity index (χ1v) is 15.3. The Hall–Kier alpha value is -0.860. The number of aliphatic hydroxyl groups is 2. The Kier molecular flexibility index (Phi) is 6.07. The standard InChI is InChI=1S/C31H48F3NO4/c1-17-13-19(14-35(18(2)36)16-31(32,33)34)39-24-23(17)27(5)11-12-30-15-29(30)10-9-22(37)26(3,4)20(29)7-8-21(30)28(27,6)25(24)38/h17,19-25,37-38H,7-16H2,1-6H3/t17-,19?,20+,21?,22?,23+,24?,25+,27?,28-,29?,30?/m1/s1. The van der Waals surface area contributed by atoms with Gasteiger partial charge in [0.1, 0.15) is 6.54 Å². The molecule has 1 amide bonds. The van der Waals surface area contributed by atoms with Crippen LogP contribution < -0.4 is 0 Å². The van der Waals surface area contributed by atoms with E-state index in [0.29, 0.717) is 18.3 Å². The minimum Gasteiger partial charge on any atom is -0.393 e. The highest BCUT2D eigenvalue weighted by Crippen LogP contribution is 2.89. The largest absolute Gasteiger partial charge is 0.406 e. The van der Waals surface area contributed by atoms with E-state index in [9.17, 15) is 28.2 Å². The van der Waals surface area contributed by atoms with Crippen LogP contribution in [0, 0.1) is 50.7 Å². The first kappa shape index (κ1) is 28.3. The van der Waals surface area contributed by atoms with Gasteiger partial charge >= 0.3 is 6.18 Å². The SMILES string of the molecule is CC(=O)N(CC1C[C@@H](C)[C@H]2C(O1)[C@H](O)[C@@]1(C)C3CC[C@H]4C(C)(C)C(O)CCC45CC35CCC21C)CC(F)(F)F. The summed E-state index contributed by atoms with van der Waals surface area (Å²) in [5.74, 6) is 0.585. The summed E-state index contributed by atoms with van der Waals surface area (Å²) >= 11 is 0. The molecule has 6 fully saturated rings. The van der Waals surface area contributed by atoms with Crippen LogP contribution in [-0.4, -0.2) is 64.7 Å². The van der Waals surface area contributed by atoms with E-state index >= 15 is 0 Å². The van der Waals surface area contributed by atoms with Gasteiger partial charge in [0, 0.05) is 18.9 Å². The maximum atomic E-state index is 13.2. The molecule has 6 rings (SSSR count). The molecule has 2 N–H and O–H groups in total. The number of hydrogen-bond acceptors (Lipinski definition) is 4. The summed E-state index contributed by atoms with van der Waals surface area (Å²) in [6, 6.07) is 0. The van der Waals surface area contributed by atoms with Crippen molar-refractivity contribution in [3.8, 4) is 0 Å². The van der Waals surface area contributed by atoms with Gasteiger partial charge in [0.15, 0.2) is 0 Å². The first-order valence-electron chi connectivity index (χ1n) is 15.3. The number of rotatable bonds is 3. The van der Waals surface area contributed by atoms with Crippen molar-refractivity contribution in [2.75, 3.05) is 13.1 Å². The molecule has 0 radical (unpaired) electrons. The number of aliphatic hydroxyl groups excluding tert-OH is 2. The van der Waals surface area contributed by atoms with Crippen LogP contribution in [0.25, 0.3) is 0 Å². The fourth-order valence-corrected chi connectivity index (χ4v) is 12.3. The molecule has 5 saturated carbocycles. The third-order valence-corrected chi connectivity index (χ3v) is 14.1. The molecule has 222 valence electrons. The molecule has 6 aliphatic rings. The first-order chi connectivity index (χ1) is 17.9. The number of halogens is 3. The third-order valence-electron chi connectivity index (χ3n) is 14.1. The molecule has 8 heteroatoms. The predicted molar refractivity (Wildman–Crippen MR) is 140 cm³/mol. The van der Waals surface area contributed by atoms with E-state index in [1.54, 1.807) is 0 Å². The summed E-state index contributed by atoms with van der Waals surface area (Å²) in [5.41, 5.74) is -0.100. The minimum absolute atomic E-state index is 0.0967. The zero-order valence-corrected chi connectivity index (χ0v) is 24.5. The maximum Gasteiger partial charge on any atom is 0.406 e. The zero-order valence-electron chi connectivity index (χ0n) is 24.5. The van der Waals surface area contributed by atoms with E-state index in [1.807, 2.05) is 0 Å². The monoisotopic (exact) mass is 555 g/mol. The van der Waals surface area contributed by atoms with Crippen LogP contribution in [-0.2, 0) is 9.53 Å². The molecule has 1 saturated heterocycles. The van der Waals surface area contributed by atoms with Gasteiger partial charge in [0.25, 0.3) is 0 Å². The normalized spacial score (nSPS) is 53.5. The fraction of sp³-hybridized carbons (Fsp3) is 0.968. The molecule has 1 aliphatic heterocycles. The van der Waals surface area contributed by atoms with Crippen LogP contribution in [0.4, 0.5) is 13.2 Å². The smallest absolute Gasteiger partial charge is 0.393 e. The molecule has 2 spiro atoms. The molecule has 12 atom stereocenters. The second-order valence-electron chi connectivity index (χ2n) is 15.7. The lowest BCUT2D eigenvalue weighted by Crippen LogP contribution is -2.59. The lowest BCUT2D eigenvalue weighted by Gasteiger charge is -2.63. The van der Waals surface area contributed by atoms with Gasteiger partial charge in [-0.2, -0.15) is 13.2 Å². The van der Waals surface area contributed by atoms with E-state index in [-0.39, 0.29) is 51.6 Å². The number of nitrogens with zero attached hydrogens (tertiary/aromatic N) is 1. The average Bonchev–Trinajstić information content (AvgIpc) is 3.45. The van der Waals surface area contributed by atoms with Crippen molar-refractivity contribution < 1.29 is 32.9 Å². The Morgan fingerprint density at radius 1 is 1.00 bits per heavy atom. The van der Waals surface area contributed by atoms with Crippen LogP contribution in [0.5, 0.6) is 0 Å². The number of alkyl halides is 3. The highest BCUT2D eigenvalue weighted by Gasteiger charge is 2.84. The van der Waals surface area contributed by atoms with Crippen LogP contribution >= 0.6 is 0 Å². The predicted octanol–water partition coefficient (Wildman–Crippen LogP) is 5.57. The summed E-state index contributed by atoms with van der Waals surface area (Å²) in [6.07, 6.45) is 1.66. The molecule has 0 aromatic carbocycles. The number of ether oxygens (including phenoxy) is 1. The van der Waals surface area contributed by atoms with Gasteiger partial charge in [0.05, 0.1) is 24.4 Å². The van der Waals surface area contributed by atoms with Gasteiger partial charge in [-0.25, -0.2) is 0 Å². The Morgan fingerprint density at radius 3 is 2.28 bits per heavy atom. The molecule has 7 unspecified atom stereocenters. The summed E-state index contributed by atoms with van der Waals surface area (Å²) in [7, 11) is 0. The van der Waals surface area contributed by atoms with Crippen molar-refractivity contribution in [3.05, 3.63) is 0 Å². The Morgan fingerprint density at radius 2 is 1.64 bits per heavy atom. The molecular formula is C31H48F3NO4. The molecule has 0 aromatic heterocycles. The minimum atomic E-state index is -4.46. The Bertz CT molecular complexity index is 1030. The van der Waals surface area contributed by atoms with Crippen molar-refractivity contribution in [2.45, 2.75) is 124 Å². The Balaban J connectivity index is 1.29. The maximum absolute atomic E-state index is 13.2. The second kappa shape index (κ2) is 8.37. The topological polar surface area (TPSA) is 70.0 Å². The molecule has 0 bridgehead atoms. The van der Waals surface area contributed by atoms with Crippen molar-refractivity contribution in [1.29, 1.82) is 0 Å².